The first-order chi connectivity index (χ1) is 20.9. The maximum Gasteiger partial charge on any atom is 0.410 e. The van der Waals surface area contributed by atoms with Crippen LogP contribution >= 0.6 is 0 Å². The van der Waals surface area contributed by atoms with Gasteiger partial charge in [0.05, 0.1) is 36.4 Å². The monoisotopic (exact) mass is 593 g/mol. The fourth-order valence-corrected chi connectivity index (χ4v) is 5.93. The maximum atomic E-state index is 13.6. The highest BCUT2D eigenvalue weighted by molar-refractivity contribution is 5.68. The Balaban J connectivity index is 1.55. The van der Waals surface area contributed by atoms with Crippen LogP contribution in [0, 0.1) is 5.92 Å². The van der Waals surface area contributed by atoms with E-state index < -0.39 is 54.9 Å². The quantitative estimate of drug-likeness (QED) is 0.193. The number of amides is 1. The summed E-state index contributed by atoms with van der Waals surface area (Å²) in [6, 6.07) is 17.2. The van der Waals surface area contributed by atoms with E-state index >= 15 is 0 Å². The highest BCUT2D eigenvalue weighted by Crippen LogP contribution is 2.35. The standard InChI is InChI=1S/C30H39N7O6/c1-3-24(37(17-20-10-6-4-7-11-20)30(40)41-18-21-12-8-5-9-13-21)25-15-14-22(33-35-31)29(42-25)43-28-19(2)16-23(34-36-32)26(38)27(28)39/h4-13,19,22-29,38-39H,3,14-18H2,1-2H3. The number of hydrogen-bond donors (Lipinski definition) is 2. The van der Waals surface area contributed by atoms with Crippen LogP contribution in [0.5, 0.6) is 0 Å². The van der Waals surface area contributed by atoms with E-state index in [-0.39, 0.29) is 12.5 Å². The van der Waals surface area contributed by atoms with Crippen molar-refractivity contribution in [1.82, 2.24) is 4.90 Å². The van der Waals surface area contributed by atoms with Gasteiger partial charge in [-0.05, 0) is 53.8 Å². The number of nitrogens with zero attached hydrogens (tertiary/aromatic N) is 7. The van der Waals surface area contributed by atoms with Crippen LogP contribution in [0.1, 0.15) is 50.7 Å². The second-order valence-electron chi connectivity index (χ2n) is 11.1. The van der Waals surface area contributed by atoms with Crippen LogP contribution in [-0.2, 0) is 27.4 Å². The second-order valence-corrected chi connectivity index (χ2v) is 11.1. The Morgan fingerprint density at radius 3 is 2.26 bits per heavy atom. The molecule has 0 spiro atoms. The fraction of sp³-hybridized carbons (Fsp3) is 0.567. The zero-order valence-corrected chi connectivity index (χ0v) is 24.4. The van der Waals surface area contributed by atoms with Crippen molar-refractivity contribution in [2.24, 2.45) is 16.1 Å². The van der Waals surface area contributed by atoms with Gasteiger partial charge in [0.1, 0.15) is 12.7 Å². The molecule has 0 bridgehead atoms. The molecule has 2 aromatic carbocycles. The summed E-state index contributed by atoms with van der Waals surface area (Å²) in [5, 5.41) is 28.9. The molecule has 2 aromatic rings. The van der Waals surface area contributed by atoms with Gasteiger partial charge in [0.25, 0.3) is 0 Å². The predicted molar refractivity (Wildman–Crippen MR) is 157 cm³/mol. The van der Waals surface area contributed by atoms with Gasteiger partial charge >= 0.3 is 6.09 Å². The van der Waals surface area contributed by atoms with Crippen molar-refractivity contribution in [2.75, 3.05) is 0 Å². The minimum absolute atomic E-state index is 0.119. The van der Waals surface area contributed by atoms with Crippen molar-refractivity contribution < 1.29 is 29.2 Å². The van der Waals surface area contributed by atoms with E-state index in [2.05, 4.69) is 20.1 Å². The van der Waals surface area contributed by atoms with Crippen molar-refractivity contribution in [2.45, 2.75) is 102 Å². The van der Waals surface area contributed by atoms with Gasteiger partial charge in [-0.2, -0.15) is 0 Å². The first-order valence-electron chi connectivity index (χ1n) is 14.6. The molecule has 1 saturated heterocycles. The molecule has 230 valence electrons. The van der Waals surface area contributed by atoms with Gasteiger partial charge in [0.2, 0.25) is 0 Å². The molecule has 1 amide bonds. The fourth-order valence-electron chi connectivity index (χ4n) is 5.93. The van der Waals surface area contributed by atoms with Gasteiger partial charge in [-0.25, -0.2) is 4.79 Å². The lowest BCUT2D eigenvalue weighted by Gasteiger charge is -2.45. The van der Waals surface area contributed by atoms with Crippen LogP contribution in [0.2, 0.25) is 0 Å². The maximum absolute atomic E-state index is 13.6. The Morgan fingerprint density at radius 2 is 1.63 bits per heavy atom. The molecular weight excluding hydrogens is 554 g/mol. The first kappa shape index (κ1) is 32.1. The second kappa shape index (κ2) is 15.6. The largest absolute Gasteiger partial charge is 0.445 e. The Morgan fingerprint density at radius 1 is 1.00 bits per heavy atom. The average Bonchev–Trinajstić information content (AvgIpc) is 3.02. The van der Waals surface area contributed by atoms with Crippen molar-refractivity contribution >= 4 is 6.09 Å². The third-order valence-electron chi connectivity index (χ3n) is 8.20. The van der Waals surface area contributed by atoms with Crippen LogP contribution in [0.25, 0.3) is 20.9 Å². The Labute approximate surface area is 250 Å². The number of benzene rings is 2. The van der Waals surface area contributed by atoms with Crippen LogP contribution in [0.3, 0.4) is 0 Å². The lowest BCUT2D eigenvalue weighted by atomic mass is 9.80. The van der Waals surface area contributed by atoms with Gasteiger partial charge in [-0.1, -0.05) is 84.7 Å². The number of aliphatic hydroxyl groups excluding tert-OH is 2. The highest BCUT2D eigenvalue weighted by atomic mass is 16.7. The molecule has 2 N–H and O–H groups in total. The lowest BCUT2D eigenvalue weighted by molar-refractivity contribution is -0.266. The Hall–Kier alpha value is -3.83. The first-order valence-corrected chi connectivity index (χ1v) is 14.6. The average molecular weight is 594 g/mol. The predicted octanol–water partition coefficient (Wildman–Crippen LogP) is 5.61. The molecule has 1 aliphatic heterocycles. The third-order valence-corrected chi connectivity index (χ3v) is 8.20. The molecule has 0 aromatic heterocycles. The Bertz CT molecular complexity index is 1270. The van der Waals surface area contributed by atoms with E-state index in [9.17, 15) is 20.5 Å². The summed E-state index contributed by atoms with van der Waals surface area (Å²) in [4.78, 5) is 21.0. The SMILES string of the molecule is CCC(C1CCC(N=[N+]=[N-])C(OC2C(C)CC(N=[N+]=[N-])C(O)C2O)O1)N(Cc1ccccc1)C(=O)OCc1ccccc1. The highest BCUT2D eigenvalue weighted by Gasteiger charge is 2.46. The Kier molecular flexibility index (Phi) is 11.6. The van der Waals surface area contributed by atoms with Gasteiger partial charge < -0.3 is 24.4 Å². The summed E-state index contributed by atoms with van der Waals surface area (Å²) in [6.45, 7) is 4.20. The van der Waals surface area contributed by atoms with Gasteiger partial charge in [-0.3, -0.25) is 4.90 Å². The summed E-state index contributed by atoms with van der Waals surface area (Å²) < 4.78 is 18.4. The van der Waals surface area contributed by atoms with E-state index in [0.717, 1.165) is 11.1 Å². The molecule has 13 nitrogen and oxygen atoms in total. The van der Waals surface area contributed by atoms with Crippen molar-refractivity contribution in [3.63, 3.8) is 0 Å². The van der Waals surface area contributed by atoms with E-state index in [1.807, 2.05) is 74.5 Å². The number of carbonyl (C=O) groups excluding carboxylic acids is 1. The van der Waals surface area contributed by atoms with Gasteiger partial charge in [0.15, 0.2) is 6.29 Å². The zero-order chi connectivity index (χ0) is 30.8. The minimum Gasteiger partial charge on any atom is -0.445 e. The summed E-state index contributed by atoms with van der Waals surface area (Å²) in [5.74, 6) is -0.297. The van der Waals surface area contributed by atoms with Crippen LogP contribution in [-0.4, -0.2) is 70.0 Å². The molecule has 4 rings (SSSR count). The van der Waals surface area contributed by atoms with Crippen molar-refractivity contribution in [3.05, 3.63) is 92.7 Å². The molecule has 43 heavy (non-hydrogen) atoms. The van der Waals surface area contributed by atoms with E-state index in [1.165, 1.54) is 0 Å². The normalized spacial score (nSPS) is 29.4. The summed E-state index contributed by atoms with van der Waals surface area (Å²) >= 11 is 0. The number of aliphatic hydroxyl groups is 2. The molecular formula is C30H39N7O6. The van der Waals surface area contributed by atoms with E-state index in [1.54, 1.807) is 4.90 Å². The summed E-state index contributed by atoms with van der Waals surface area (Å²) in [7, 11) is 0. The molecule has 9 unspecified atom stereocenters. The molecule has 9 atom stereocenters. The van der Waals surface area contributed by atoms with Crippen molar-refractivity contribution in [3.8, 4) is 0 Å². The van der Waals surface area contributed by atoms with Gasteiger partial charge in [0, 0.05) is 16.4 Å². The summed E-state index contributed by atoms with van der Waals surface area (Å²) in [5.41, 5.74) is 19.9. The number of rotatable bonds is 11. The number of carbonyl (C=O) groups is 1. The molecule has 2 fully saturated rings. The molecule has 1 saturated carbocycles. The zero-order valence-electron chi connectivity index (χ0n) is 24.4. The molecule has 1 aliphatic carbocycles. The molecule has 1 heterocycles. The number of azide groups is 2. The minimum atomic E-state index is -1.35. The van der Waals surface area contributed by atoms with Crippen LogP contribution in [0.4, 0.5) is 4.79 Å². The van der Waals surface area contributed by atoms with Crippen LogP contribution in [0.15, 0.2) is 70.9 Å². The molecule has 0 radical (unpaired) electrons. The third kappa shape index (κ3) is 8.17. The lowest BCUT2D eigenvalue weighted by Crippen LogP contribution is -2.57. The van der Waals surface area contributed by atoms with E-state index in [4.69, 9.17) is 19.7 Å². The topological polar surface area (TPSA) is 186 Å². The number of hydrogen-bond acceptors (Lipinski definition) is 8. The smallest absolute Gasteiger partial charge is 0.410 e. The molecule has 13 heteroatoms. The van der Waals surface area contributed by atoms with Gasteiger partial charge in [-0.15, -0.1) is 0 Å². The number of ether oxygens (including phenoxy) is 3. The van der Waals surface area contributed by atoms with E-state index in [0.29, 0.717) is 32.2 Å². The summed E-state index contributed by atoms with van der Waals surface area (Å²) in [6.07, 6.45) is -3.79. The van der Waals surface area contributed by atoms with Crippen molar-refractivity contribution in [1.29, 1.82) is 0 Å². The van der Waals surface area contributed by atoms with Crippen LogP contribution < -0.4 is 0 Å². The molecule has 2 aliphatic rings.